The zero-order chi connectivity index (χ0) is 7.28. The highest BCUT2D eigenvalue weighted by Crippen LogP contribution is 1.70. The number of hydrogen-bond donors (Lipinski definition) is 4. The number of nitrogens with one attached hydrogen (secondary N) is 1. The molecule has 1 atom stereocenters. The van der Waals surface area contributed by atoms with Gasteiger partial charge in [-0.1, -0.05) is 0 Å². The van der Waals surface area contributed by atoms with Crippen molar-refractivity contribution in [3.05, 3.63) is 0 Å². The molecule has 0 heterocycles. The zero-order valence-electron chi connectivity index (χ0n) is 4.87. The van der Waals surface area contributed by atoms with E-state index in [9.17, 15) is 4.79 Å². The van der Waals surface area contributed by atoms with Crippen molar-refractivity contribution in [3.63, 3.8) is 0 Å². The largest absolute Gasteiger partial charge is 0.465 e. The van der Waals surface area contributed by atoms with E-state index in [0.717, 1.165) is 0 Å². The van der Waals surface area contributed by atoms with E-state index in [-0.39, 0.29) is 13.2 Å². The molecule has 0 rings (SSSR count). The van der Waals surface area contributed by atoms with Crippen LogP contribution in [0.1, 0.15) is 0 Å². The lowest BCUT2D eigenvalue weighted by molar-refractivity contribution is 0.191. The summed E-state index contributed by atoms with van der Waals surface area (Å²) in [7, 11) is 0. The Balaban J connectivity index is 3.16. The van der Waals surface area contributed by atoms with Crippen LogP contribution in [0.5, 0.6) is 0 Å². The highest BCUT2D eigenvalue weighted by Gasteiger charge is 2.00. The first-order chi connectivity index (χ1) is 4.16. The van der Waals surface area contributed by atoms with Crippen molar-refractivity contribution in [1.82, 2.24) is 5.32 Å². The average molecular weight is 134 g/mol. The molecule has 1 amide bonds. The minimum absolute atomic E-state index is 0.0891. The van der Waals surface area contributed by atoms with Crippen LogP contribution in [0.2, 0.25) is 0 Å². The van der Waals surface area contributed by atoms with Crippen LogP contribution in [0.25, 0.3) is 0 Å². The fourth-order valence-electron chi connectivity index (χ4n) is 0.283. The van der Waals surface area contributed by atoms with Gasteiger partial charge in [-0.2, -0.15) is 0 Å². The van der Waals surface area contributed by atoms with E-state index in [4.69, 9.17) is 15.9 Å². The van der Waals surface area contributed by atoms with Crippen LogP contribution >= 0.6 is 0 Å². The molecule has 0 saturated carbocycles. The molecule has 5 nitrogen and oxygen atoms in total. The number of rotatable bonds is 3. The van der Waals surface area contributed by atoms with Gasteiger partial charge in [-0.3, -0.25) is 0 Å². The number of carboxylic acid groups (broad SMARTS) is 1. The van der Waals surface area contributed by atoms with Gasteiger partial charge in [0, 0.05) is 12.6 Å². The first kappa shape index (κ1) is 8.19. The lowest BCUT2D eigenvalue weighted by Crippen LogP contribution is -2.38. The van der Waals surface area contributed by atoms with Gasteiger partial charge >= 0.3 is 6.09 Å². The van der Waals surface area contributed by atoms with E-state index in [2.05, 4.69) is 0 Å². The van der Waals surface area contributed by atoms with Gasteiger partial charge in [0.15, 0.2) is 0 Å². The average Bonchev–Trinajstić information content (AvgIpc) is 1.83. The summed E-state index contributed by atoms with van der Waals surface area (Å²) in [6.45, 7) is -0.119. The molecule has 0 aliphatic carbocycles. The van der Waals surface area contributed by atoms with E-state index < -0.39 is 12.1 Å². The van der Waals surface area contributed by atoms with Crippen LogP contribution in [0, 0.1) is 0 Å². The third-order valence-corrected chi connectivity index (χ3v) is 0.750. The summed E-state index contributed by atoms with van der Waals surface area (Å²) in [5, 5.41) is 18.3. The Morgan fingerprint density at radius 2 is 2.33 bits per heavy atom. The predicted molar refractivity (Wildman–Crippen MR) is 31.1 cm³/mol. The van der Waals surface area contributed by atoms with Crippen LogP contribution < -0.4 is 11.1 Å². The maximum absolute atomic E-state index is 9.77. The Hall–Kier alpha value is -0.810. The van der Waals surface area contributed by atoms with E-state index >= 15 is 0 Å². The van der Waals surface area contributed by atoms with Gasteiger partial charge in [0.2, 0.25) is 0 Å². The molecule has 5 N–H and O–H groups in total. The van der Waals surface area contributed by atoms with Crippen molar-refractivity contribution in [3.8, 4) is 0 Å². The molecule has 0 saturated heterocycles. The van der Waals surface area contributed by atoms with Crippen LogP contribution in [-0.4, -0.2) is 35.5 Å². The summed E-state index contributed by atoms with van der Waals surface area (Å²) in [5.41, 5.74) is 5.15. The Kier molecular flexibility index (Phi) is 3.74. The quantitative estimate of drug-likeness (QED) is 0.380. The molecule has 5 heteroatoms. The van der Waals surface area contributed by atoms with Crippen LogP contribution in [-0.2, 0) is 0 Å². The summed E-state index contributed by atoms with van der Waals surface area (Å²) in [4.78, 5) is 9.77. The van der Waals surface area contributed by atoms with Crippen LogP contribution in [0.3, 0.4) is 0 Å². The van der Waals surface area contributed by atoms with Gasteiger partial charge in [0.25, 0.3) is 0 Å². The number of carbonyl (C=O) groups is 1. The second kappa shape index (κ2) is 4.11. The number of nitrogens with two attached hydrogens (primary N) is 1. The molecule has 0 aromatic carbocycles. The molecular formula is C4H10N2O3. The van der Waals surface area contributed by atoms with Gasteiger partial charge in [-0.15, -0.1) is 0 Å². The molecule has 0 aromatic rings. The van der Waals surface area contributed by atoms with E-state index in [1.165, 1.54) is 0 Å². The number of hydrogen-bond acceptors (Lipinski definition) is 3. The standard InChI is InChI=1S/C4H10N2O3/c5-3(2-7)1-6-4(8)9/h3,6-7H,1-2,5H2,(H,8,9). The molecule has 0 aliphatic rings. The molecule has 0 spiro atoms. The van der Waals surface area contributed by atoms with Crippen molar-refractivity contribution >= 4 is 6.09 Å². The fourth-order valence-corrected chi connectivity index (χ4v) is 0.283. The fraction of sp³-hybridized carbons (Fsp3) is 0.750. The summed E-state index contributed by atoms with van der Waals surface area (Å²) in [5.74, 6) is 0. The predicted octanol–water partition coefficient (Wildman–Crippen LogP) is -1.43. The van der Waals surface area contributed by atoms with Crippen LogP contribution in [0.15, 0.2) is 0 Å². The molecule has 0 aromatic heterocycles. The summed E-state index contributed by atoms with van der Waals surface area (Å²) < 4.78 is 0. The lowest BCUT2D eigenvalue weighted by atomic mass is 10.3. The van der Waals surface area contributed by atoms with Gasteiger partial charge in [-0.05, 0) is 0 Å². The third kappa shape index (κ3) is 5.05. The SMILES string of the molecule is NC(CO)CNC(=O)O. The normalized spacial score (nSPS) is 12.7. The first-order valence-corrected chi connectivity index (χ1v) is 2.50. The maximum atomic E-state index is 9.77. The topological polar surface area (TPSA) is 95.6 Å². The Morgan fingerprint density at radius 1 is 1.78 bits per heavy atom. The molecule has 1 unspecified atom stereocenters. The van der Waals surface area contributed by atoms with Crippen molar-refractivity contribution in [1.29, 1.82) is 0 Å². The Labute approximate surface area is 52.5 Å². The van der Waals surface area contributed by atoms with Gasteiger partial charge < -0.3 is 21.3 Å². The maximum Gasteiger partial charge on any atom is 0.404 e. The molecule has 0 radical (unpaired) electrons. The highest BCUT2D eigenvalue weighted by molar-refractivity contribution is 5.64. The van der Waals surface area contributed by atoms with Crippen molar-refractivity contribution in [2.24, 2.45) is 5.73 Å². The lowest BCUT2D eigenvalue weighted by Gasteiger charge is -2.05. The highest BCUT2D eigenvalue weighted by atomic mass is 16.4. The van der Waals surface area contributed by atoms with E-state index in [1.54, 1.807) is 0 Å². The molecular weight excluding hydrogens is 124 g/mol. The number of aliphatic hydroxyl groups excluding tert-OH is 1. The number of aliphatic hydroxyl groups is 1. The van der Waals surface area contributed by atoms with Crippen molar-refractivity contribution in [2.45, 2.75) is 6.04 Å². The molecule has 0 fully saturated rings. The zero-order valence-corrected chi connectivity index (χ0v) is 4.87. The third-order valence-electron chi connectivity index (χ3n) is 0.750. The van der Waals surface area contributed by atoms with Crippen molar-refractivity contribution < 1.29 is 15.0 Å². The Bertz CT molecular complexity index is 95.8. The molecule has 54 valence electrons. The van der Waals surface area contributed by atoms with Gasteiger partial charge in [0.05, 0.1) is 6.61 Å². The smallest absolute Gasteiger partial charge is 0.404 e. The molecule has 0 aliphatic heterocycles. The van der Waals surface area contributed by atoms with E-state index in [1.807, 2.05) is 5.32 Å². The Morgan fingerprint density at radius 3 is 2.67 bits per heavy atom. The van der Waals surface area contributed by atoms with E-state index in [0.29, 0.717) is 0 Å². The summed E-state index contributed by atoms with van der Waals surface area (Å²) >= 11 is 0. The monoisotopic (exact) mass is 134 g/mol. The van der Waals surface area contributed by atoms with Gasteiger partial charge in [0.1, 0.15) is 0 Å². The van der Waals surface area contributed by atoms with Gasteiger partial charge in [-0.25, -0.2) is 4.79 Å². The second-order valence-electron chi connectivity index (χ2n) is 1.63. The van der Waals surface area contributed by atoms with Crippen LogP contribution in [0.4, 0.5) is 4.79 Å². The minimum atomic E-state index is -1.13. The molecule has 9 heavy (non-hydrogen) atoms. The summed E-state index contributed by atoms with van der Waals surface area (Å²) in [6, 6.07) is -0.499. The summed E-state index contributed by atoms with van der Waals surface area (Å²) in [6.07, 6.45) is -1.13. The molecule has 0 bridgehead atoms. The first-order valence-electron chi connectivity index (χ1n) is 2.50. The minimum Gasteiger partial charge on any atom is -0.465 e. The van der Waals surface area contributed by atoms with Crippen molar-refractivity contribution in [2.75, 3.05) is 13.2 Å². The second-order valence-corrected chi connectivity index (χ2v) is 1.63. The number of amides is 1.